The Morgan fingerprint density at radius 3 is 2.82 bits per heavy atom. The molecule has 0 spiro atoms. The fourth-order valence-electron chi connectivity index (χ4n) is 2.37. The van der Waals surface area contributed by atoms with E-state index in [2.05, 4.69) is 17.4 Å². The predicted molar refractivity (Wildman–Crippen MR) is 90.0 cm³/mol. The highest BCUT2D eigenvalue weighted by Gasteiger charge is 2.07. The Balaban J connectivity index is 1.69. The minimum Gasteiger partial charge on any atom is -0.456 e. The molecule has 0 aliphatic rings. The topological polar surface area (TPSA) is 62.5 Å². The third-order valence-electron chi connectivity index (χ3n) is 3.38. The van der Waals surface area contributed by atoms with Crippen molar-refractivity contribution in [1.29, 1.82) is 0 Å². The zero-order chi connectivity index (χ0) is 15.4. The van der Waals surface area contributed by atoms with E-state index in [-0.39, 0.29) is 12.5 Å². The number of carbonyl (C=O) groups excluding carboxylic acids is 1. The Morgan fingerprint density at radius 1 is 1.14 bits per heavy atom. The summed E-state index contributed by atoms with van der Waals surface area (Å²) in [5, 5.41) is 13.5. The standard InChI is InChI=1S/C17H17NO3S/c19-8-7-18-17(20)11-22-10-12-5-6-16-14(9-12)13-3-1-2-4-15(13)21-16/h1-6,9,19H,7-8,10-11H2,(H,18,20). The maximum atomic E-state index is 11.5. The van der Waals surface area contributed by atoms with Crippen molar-refractivity contribution in [3.63, 3.8) is 0 Å². The molecular formula is C17H17NO3S. The molecule has 4 nitrogen and oxygen atoms in total. The molecule has 0 bridgehead atoms. The molecule has 5 heteroatoms. The fourth-order valence-corrected chi connectivity index (χ4v) is 3.18. The first-order chi connectivity index (χ1) is 10.8. The van der Waals surface area contributed by atoms with Crippen LogP contribution >= 0.6 is 11.8 Å². The molecule has 0 fully saturated rings. The highest BCUT2D eigenvalue weighted by atomic mass is 32.2. The van der Waals surface area contributed by atoms with Crippen LogP contribution in [0, 0.1) is 0 Å². The van der Waals surface area contributed by atoms with Crippen LogP contribution in [0.4, 0.5) is 0 Å². The Bertz CT molecular complexity index is 797. The molecule has 1 aromatic heterocycles. The SMILES string of the molecule is O=C(CSCc1ccc2oc3ccccc3c2c1)NCCO. The monoisotopic (exact) mass is 315 g/mol. The average Bonchev–Trinajstić information content (AvgIpc) is 2.91. The number of benzene rings is 2. The molecule has 1 amide bonds. The van der Waals surface area contributed by atoms with Crippen LogP contribution in [0.2, 0.25) is 0 Å². The summed E-state index contributed by atoms with van der Waals surface area (Å²) < 4.78 is 5.80. The van der Waals surface area contributed by atoms with Crippen molar-refractivity contribution in [1.82, 2.24) is 5.32 Å². The van der Waals surface area contributed by atoms with E-state index in [1.54, 1.807) is 11.8 Å². The lowest BCUT2D eigenvalue weighted by Gasteiger charge is -2.03. The number of amides is 1. The molecule has 0 atom stereocenters. The van der Waals surface area contributed by atoms with E-state index in [1.165, 1.54) is 5.56 Å². The van der Waals surface area contributed by atoms with Gasteiger partial charge in [-0.3, -0.25) is 4.79 Å². The van der Waals surface area contributed by atoms with Crippen LogP contribution in [0.5, 0.6) is 0 Å². The van der Waals surface area contributed by atoms with Gasteiger partial charge in [0.2, 0.25) is 5.91 Å². The van der Waals surface area contributed by atoms with Crippen LogP contribution < -0.4 is 5.32 Å². The van der Waals surface area contributed by atoms with Crippen molar-refractivity contribution in [2.24, 2.45) is 0 Å². The van der Waals surface area contributed by atoms with Gasteiger partial charge in [0, 0.05) is 23.1 Å². The van der Waals surface area contributed by atoms with Crippen LogP contribution in [0.3, 0.4) is 0 Å². The highest BCUT2D eigenvalue weighted by molar-refractivity contribution is 7.99. The van der Waals surface area contributed by atoms with Crippen molar-refractivity contribution in [3.8, 4) is 0 Å². The molecule has 1 heterocycles. The molecule has 0 aliphatic carbocycles. The summed E-state index contributed by atoms with van der Waals surface area (Å²) in [5.74, 6) is 1.11. The number of hydrogen-bond acceptors (Lipinski definition) is 4. The molecule has 2 aromatic carbocycles. The molecule has 0 unspecified atom stereocenters. The van der Waals surface area contributed by atoms with E-state index in [9.17, 15) is 4.79 Å². The van der Waals surface area contributed by atoms with E-state index in [0.717, 1.165) is 27.7 Å². The fraction of sp³-hybridized carbons (Fsp3) is 0.235. The van der Waals surface area contributed by atoms with Crippen molar-refractivity contribution < 1.29 is 14.3 Å². The summed E-state index contributed by atoms with van der Waals surface area (Å²) in [6, 6.07) is 14.1. The number of aliphatic hydroxyl groups excluding tert-OH is 1. The minimum atomic E-state index is -0.0473. The largest absolute Gasteiger partial charge is 0.456 e. The Kier molecular flexibility index (Phi) is 4.65. The van der Waals surface area contributed by atoms with E-state index in [1.807, 2.05) is 30.3 Å². The molecule has 0 aliphatic heterocycles. The quantitative estimate of drug-likeness (QED) is 0.734. The zero-order valence-corrected chi connectivity index (χ0v) is 12.9. The summed E-state index contributed by atoms with van der Waals surface area (Å²) in [6.07, 6.45) is 0. The van der Waals surface area contributed by atoms with E-state index in [0.29, 0.717) is 12.3 Å². The van der Waals surface area contributed by atoms with Crippen LogP contribution in [-0.2, 0) is 10.5 Å². The van der Waals surface area contributed by atoms with Crippen LogP contribution in [0.1, 0.15) is 5.56 Å². The average molecular weight is 315 g/mol. The number of thioether (sulfide) groups is 1. The van der Waals surface area contributed by atoms with Gasteiger partial charge in [-0.2, -0.15) is 0 Å². The van der Waals surface area contributed by atoms with Gasteiger partial charge in [-0.05, 0) is 23.8 Å². The summed E-state index contributed by atoms with van der Waals surface area (Å²) in [5.41, 5.74) is 2.94. The van der Waals surface area contributed by atoms with E-state index < -0.39 is 0 Å². The molecule has 2 N–H and O–H groups in total. The number of hydrogen-bond donors (Lipinski definition) is 2. The number of aliphatic hydroxyl groups is 1. The van der Waals surface area contributed by atoms with Gasteiger partial charge in [0.25, 0.3) is 0 Å². The number of nitrogens with one attached hydrogen (secondary N) is 1. The molecule has 0 saturated heterocycles. The van der Waals surface area contributed by atoms with Crippen molar-refractivity contribution in [2.75, 3.05) is 18.9 Å². The van der Waals surface area contributed by atoms with Gasteiger partial charge in [0.1, 0.15) is 11.2 Å². The molecule has 0 saturated carbocycles. The first-order valence-corrected chi connectivity index (χ1v) is 8.29. The first-order valence-electron chi connectivity index (χ1n) is 7.13. The van der Waals surface area contributed by atoms with Gasteiger partial charge in [-0.1, -0.05) is 24.3 Å². The smallest absolute Gasteiger partial charge is 0.230 e. The number of para-hydroxylation sites is 1. The lowest BCUT2D eigenvalue weighted by molar-refractivity contribution is -0.118. The molecule has 0 radical (unpaired) electrons. The lowest BCUT2D eigenvalue weighted by atomic mass is 10.1. The zero-order valence-electron chi connectivity index (χ0n) is 12.0. The molecule has 3 aromatic rings. The molecule has 114 valence electrons. The number of furan rings is 1. The van der Waals surface area contributed by atoms with Crippen LogP contribution in [0.15, 0.2) is 46.9 Å². The second-order valence-corrected chi connectivity index (χ2v) is 5.98. The van der Waals surface area contributed by atoms with Gasteiger partial charge in [-0.15, -0.1) is 11.8 Å². The lowest BCUT2D eigenvalue weighted by Crippen LogP contribution is -2.27. The van der Waals surface area contributed by atoms with Gasteiger partial charge in [-0.25, -0.2) is 0 Å². The van der Waals surface area contributed by atoms with Crippen LogP contribution in [-0.4, -0.2) is 29.9 Å². The summed E-state index contributed by atoms with van der Waals surface area (Å²) in [7, 11) is 0. The summed E-state index contributed by atoms with van der Waals surface area (Å²) in [4.78, 5) is 11.5. The van der Waals surface area contributed by atoms with Gasteiger partial charge < -0.3 is 14.8 Å². The second-order valence-electron chi connectivity index (χ2n) is 5.00. The van der Waals surface area contributed by atoms with Gasteiger partial charge in [0.05, 0.1) is 12.4 Å². The van der Waals surface area contributed by atoms with E-state index in [4.69, 9.17) is 9.52 Å². The number of rotatable bonds is 6. The van der Waals surface area contributed by atoms with Crippen molar-refractivity contribution >= 4 is 39.6 Å². The highest BCUT2D eigenvalue weighted by Crippen LogP contribution is 2.29. The summed E-state index contributed by atoms with van der Waals surface area (Å²) >= 11 is 1.56. The normalized spacial score (nSPS) is 11.1. The number of fused-ring (bicyclic) bond motifs is 3. The molecule has 22 heavy (non-hydrogen) atoms. The third-order valence-corrected chi connectivity index (χ3v) is 4.38. The Labute approximate surface area is 132 Å². The number of carbonyl (C=O) groups is 1. The van der Waals surface area contributed by atoms with E-state index >= 15 is 0 Å². The van der Waals surface area contributed by atoms with Gasteiger partial charge in [0.15, 0.2) is 0 Å². The van der Waals surface area contributed by atoms with Crippen molar-refractivity contribution in [2.45, 2.75) is 5.75 Å². The second kappa shape index (κ2) is 6.85. The molecular weight excluding hydrogens is 298 g/mol. The minimum absolute atomic E-state index is 0.0271. The summed E-state index contributed by atoms with van der Waals surface area (Å²) in [6.45, 7) is 0.285. The van der Waals surface area contributed by atoms with Crippen LogP contribution in [0.25, 0.3) is 21.9 Å². The third kappa shape index (κ3) is 3.26. The predicted octanol–water partition coefficient (Wildman–Crippen LogP) is 2.93. The van der Waals surface area contributed by atoms with Crippen molar-refractivity contribution in [3.05, 3.63) is 48.0 Å². The maximum absolute atomic E-state index is 11.5. The molecule has 3 rings (SSSR count). The van der Waals surface area contributed by atoms with Gasteiger partial charge >= 0.3 is 0 Å². The Morgan fingerprint density at radius 2 is 1.95 bits per heavy atom. The maximum Gasteiger partial charge on any atom is 0.230 e. The first kappa shape index (κ1) is 14.9. The Hall–Kier alpha value is -1.98.